The Kier molecular flexibility index (Phi) is 4.00. The molecule has 1 aromatic carbocycles. The van der Waals surface area contributed by atoms with Crippen LogP contribution in [0, 0.1) is 0 Å². The second-order valence-electron chi connectivity index (χ2n) is 5.51. The number of carboxylic acids is 1. The van der Waals surface area contributed by atoms with Crippen molar-refractivity contribution in [3.63, 3.8) is 0 Å². The van der Waals surface area contributed by atoms with Gasteiger partial charge >= 0.3 is 5.97 Å². The van der Waals surface area contributed by atoms with Gasteiger partial charge in [0.25, 0.3) is 0 Å². The number of rotatable bonds is 5. The first-order valence-electron chi connectivity index (χ1n) is 7.37. The first kappa shape index (κ1) is 14.4. The summed E-state index contributed by atoms with van der Waals surface area (Å²) in [6, 6.07) is 6.68. The van der Waals surface area contributed by atoms with Crippen LogP contribution in [0.1, 0.15) is 41.7 Å². The van der Waals surface area contributed by atoms with Crippen molar-refractivity contribution in [3.05, 3.63) is 41.7 Å². The molecule has 3 rings (SSSR count). The molecular weight excluding hydrogens is 284 g/mol. The first-order valence-corrected chi connectivity index (χ1v) is 7.37. The number of phenolic OH excluding ortho intramolecular Hbond substituents is 1. The van der Waals surface area contributed by atoms with E-state index in [2.05, 4.69) is 5.10 Å². The van der Waals surface area contributed by atoms with Gasteiger partial charge in [-0.25, -0.2) is 4.79 Å². The molecule has 1 heterocycles. The summed E-state index contributed by atoms with van der Waals surface area (Å²) in [5, 5.41) is 23.1. The minimum Gasteiger partial charge on any atom is -0.508 e. The van der Waals surface area contributed by atoms with Crippen molar-refractivity contribution in [2.75, 3.05) is 0 Å². The third-order valence-electron chi connectivity index (χ3n) is 3.85. The van der Waals surface area contributed by atoms with Crippen molar-refractivity contribution >= 4 is 5.97 Å². The van der Waals surface area contributed by atoms with Crippen molar-refractivity contribution in [3.8, 4) is 11.5 Å². The summed E-state index contributed by atoms with van der Waals surface area (Å²) in [4.78, 5) is 11.5. The fourth-order valence-electron chi connectivity index (χ4n) is 2.80. The second-order valence-corrected chi connectivity index (χ2v) is 5.51. The van der Waals surface area contributed by atoms with Gasteiger partial charge in [0, 0.05) is 0 Å². The van der Waals surface area contributed by atoms with E-state index >= 15 is 0 Å². The largest absolute Gasteiger partial charge is 0.508 e. The molecule has 0 amide bonds. The molecule has 1 saturated carbocycles. The highest BCUT2D eigenvalue weighted by atomic mass is 16.5. The van der Waals surface area contributed by atoms with Gasteiger partial charge in [-0.15, -0.1) is 0 Å². The average molecular weight is 302 g/mol. The number of benzene rings is 1. The van der Waals surface area contributed by atoms with E-state index in [-0.39, 0.29) is 24.1 Å². The highest BCUT2D eigenvalue weighted by Crippen LogP contribution is 2.27. The van der Waals surface area contributed by atoms with E-state index in [0.717, 1.165) is 31.2 Å². The maximum absolute atomic E-state index is 11.5. The zero-order valence-corrected chi connectivity index (χ0v) is 12.1. The summed E-state index contributed by atoms with van der Waals surface area (Å²) in [6.07, 6.45) is 5.68. The van der Waals surface area contributed by atoms with E-state index in [1.165, 1.54) is 10.9 Å². The van der Waals surface area contributed by atoms with Gasteiger partial charge in [0.05, 0.1) is 18.8 Å². The standard InChI is InChI=1S/C16H18N2O4/c19-12-5-3-4-11(8-12)10-18-15(16(20)21)14(9-17-18)22-13-6-1-2-7-13/h3-5,8-9,13,19H,1-2,6-7,10H2,(H,20,21). The van der Waals surface area contributed by atoms with Crippen molar-refractivity contribution < 1.29 is 19.7 Å². The zero-order chi connectivity index (χ0) is 15.5. The van der Waals surface area contributed by atoms with Crippen molar-refractivity contribution in [2.45, 2.75) is 38.3 Å². The topological polar surface area (TPSA) is 84.6 Å². The van der Waals surface area contributed by atoms with Crippen molar-refractivity contribution in [1.29, 1.82) is 0 Å². The van der Waals surface area contributed by atoms with Crippen LogP contribution in [0.3, 0.4) is 0 Å². The Labute approximate surface area is 128 Å². The number of ether oxygens (including phenoxy) is 1. The van der Waals surface area contributed by atoms with Crippen LogP contribution in [0.5, 0.6) is 11.5 Å². The Balaban J connectivity index is 1.84. The van der Waals surface area contributed by atoms with Crippen molar-refractivity contribution in [2.24, 2.45) is 0 Å². The van der Waals surface area contributed by atoms with E-state index in [4.69, 9.17) is 4.74 Å². The fourth-order valence-corrected chi connectivity index (χ4v) is 2.80. The summed E-state index contributed by atoms with van der Waals surface area (Å²) in [6.45, 7) is 0.268. The Morgan fingerprint density at radius 2 is 2.14 bits per heavy atom. The molecule has 0 atom stereocenters. The molecule has 0 spiro atoms. The highest BCUT2D eigenvalue weighted by molar-refractivity contribution is 5.88. The quantitative estimate of drug-likeness (QED) is 0.887. The molecule has 0 aliphatic heterocycles. The minimum absolute atomic E-state index is 0.0512. The van der Waals surface area contributed by atoms with Crippen LogP contribution in [-0.4, -0.2) is 32.1 Å². The number of aromatic hydroxyl groups is 1. The van der Waals surface area contributed by atoms with Crippen LogP contribution < -0.4 is 4.74 Å². The predicted octanol–water partition coefficient (Wildman–Crippen LogP) is 2.66. The maximum Gasteiger partial charge on any atom is 0.358 e. The maximum atomic E-state index is 11.5. The molecule has 0 saturated heterocycles. The summed E-state index contributed by atoms with van der Waals surface area (Å²) >= 11 is 0. The first-order chi connectivity index (χ1) is 10.6. The Hall–Kier alpha value is -2.50. The third-order valence-corrected chi connectivity index (χ3v) is 3.85. The van der Waals surface area contributed by atoms with Gasteiger partial charge in [-0.1, -0.05) is 12.1 Å². The molecule has 6 nitrogen and oxygen atoms in total. The number of nitrogens with zero attached hydrogens (tertiary/aromatic N) is 2. The van der Waals surface area contributed by atoms with Crippen LogP contribution in [0.2, 0.25) is 0 Å². The predicted molar refractivity (Wildman–Crippen MR) is 79.3 cm³/mol. The normalized spacial score (nSPS) is 15.1. The lowest BCUT2D eigenvalue weighted by Crippen LogP contribution is -2.16. The molecule has 0 radical (unpaired) electrons. The van der Waals surface area contributed by atoms with Gasteiger partial charge in [-0.05, 0) is 43.4 Å². The molecule has 22 heavy (non-hydrogen) atoms. The number of carboxylic acid groups (broad SMARTS) is 1. The second kappa shape index (κ2) is 6.09. The zero-order valence-electron chi connectivity index (χ0n) is 12.1. The molecule has 116 valence electrons. The Morgan fingerprint density at radius 1 is 1.36 bits per heavy atom. The molecule has 1 aliphatic rings. The van der Waals surface area contributed by atoms with Crippen LogP contribution in [0.25, 0.3) is 0 Å². The van der Waals surface area contributed by atoms with Gasteiger partial charge in [-0.2, -0.15) is 5.10 Å². The lowest BCUT2D eigenvalue weighted by Gasteiger charge is -2.12. The fraction of sp³-hybridized carbons (Fsp3) is 0.375. The molecule has 2 aromatic rings. The average Bonchev–Trinajstić information content (AvgIpc) is 3.09. The lowest BCUT2D eigenvalue weighted by molar-refractivity contribution is 0.0676. The Bertz CT molecular complexity index is 675. The van der Waals surface area contributed by atoms with Crippen LogP contribution in [0.15, 0.2) is 30.5 Å². The molecule has 1 aromatic heterocycles. The van der Waals surface area contributed by atoms with Gasteiger partial charge in [0.2, 0.25) is 0 Å². The molecule has 2 N–H and O–H groups in total. The lowest BCUT2D eigenvalue weighted by atomic mass is 10.2. The molecule has 0 unspecified atom stereocenters. The summed E-state index contributed by atoms with van der Waals surface area (Å²) in [5.41, 5.74) is 0.827. The Morgan fingerprint density at radius 3 is 2.82 bits per heavy atom. The van der Waals surface area contributed by atoms with Gasteiger partial charge < -0.3 is 14.9 Å². The van der Waals surface area contributed by atoms with E-state index < -0.39 is 5.97 Å². The van der Waals surface area contributed by atoms with E-state index in [1.807, 2.05) is 6.07 Å². The van der Waals surface area contributed by atoms with Gasteiger partial charge in [0.15, 0.2) is 11.4 Å². The van der Waals surface area contributed by atoms with Crippen LogP contribution >= 0.6 is 0 Å². The van der Waals surface area contributed by atoms with E-state index in [9.17, 15) is 15.0 Å². The number of hydrogen-bond acceptors (Lipinski definition) is 4. The van der Waals surface area contributed by atoms with E-state index in [0.29, 0.717) is 5.75 Å². The molecule has 6 heteroatoms. The van der Waals surface area contributed by atoms with Crippen LogP contribution in [-0.2, 0) is 6.54 Å². The number of phenols is 1. The van der Waals surface area contributed by atoms with Crippen molar-refractivity contribution in [1.82, 2.24) is 9.78 Å². The molecular formula is C16H18N2O4. The summed E-state index contributed by atoms with van der Waals surface area (Å²) in [5.74, 6) is -0.603. The molecule has 1 aliphatic carbocycles. The van der Waals surface area contributed by atoms with Gasteiger partial charge in [-0.3, -0.25) is 4.68 Å². The number of hydrogen-bond donors (Lipinski definition) is 2. The number of carbonyl (C=O) groups is 1. The smallest absolute Gasteiger partial charge is 0.358 e. The summed E-state index contributed by atoms with van der Waals surface area (Å²) < 4.78 is 7.19. The van der Waals surface area contributed by atoms with E-state index in [1.54, 1.807) is 18.2 Å². The highest BCUT2D eigenvalue weighted by Gasteiger charge is 2.24. The monoisotopic (exact) mass is 302 g/mol. The van der Waals surface area contributed by atoms with Gasteiger partial charge in [0.1, 0.15) is 5.75 Å². The van der Waals surface area contributed by atoms with Crippen LogP contribution in [0.4, 0.5) is 0 Å². The third kappa shape index (κ3) is 3.05. The minimum atomic E-state index is -1.06. The molecule has 0 bridgehead atoms. The SMILES string of the molecule is O=C(O)c1c(OC2CCCC2)cnn1Cc1cccc(O)c1. The number of aromatic nitrogens is 2. The number of aromatic carboxylic acids is 1. The summed E-state index contributed by atoms with van der Waals surface area (Å²) in [7, 11) is 0. The molecule has 1 fully saturated rings.